The summed E-state index contributed by atoms with van der Waals surface area (Å²) >= 11 is 0. The van der Waals surface area contributed by atoms with Crippen molar-refractivity contribution in [2.75, 3.05) is 0 Å². The second-order valence-corrected chi connectivity index (χ2v) is 12.7. The zero-order chi connectivity index (χ0) is 31.5. The summed E-state index contributed by atoms with van der Waals surface area (Å²) in [6, 6.07) is 61.3. The molecule has 0 radical (unpaired) electrons. The quantitative estimate of drug-likeness (QED) is 0.213. The molecule has 0 aliphatic heterocycles. The summed E-state index contributed by atoms with van der Waals surface area (Å²) in [5.41, 5.74) is 12.8. The molecule has 0 unspecified atom stereocenters. The topological polar surface area (TPSA) is 20.2 Å². The van der Waals surface area contributed by atoms with Gasteiger partial charge in [-0.2, -0.15) is 0 Å². The summed E-state index contributed by atoms with van der Waals surface area (Å²) in [6.07, 6.45) is 0. The maximum absolute atomic E-state index is 10.4. The molecule has 0 bridgehead atoms. The SMILES string of the molecule is Cc1ccc(C2(c3ccc(O)cc3)c3cccc(-c4ccc5ccccc5c4)c3-c3c(-c4ccc5ccccc5c4)cccc32)cc1. The predicted molar refractivity (Wildman–Crippen MR) is 196 cm³/mol. The average molecular weight is 601 g/mol. The molecule has 8 aromatic carbocycles. The summed E-state index contributed by atoms with van der Waals surface area (Å²) < 4.78 is 0. The van der Waals surface area contributed by atoms with Crippen LogP contribution in [0.5, 0.6) is 5.75 Å². The van der Waals surface area contributed by atoms with Gasteiger partial charge in [0.1, 0.15) is 5.75 Å². The molecular formula is C46H32O. The molecule has 0 saturated carbocycles. The van der Waals surface area contributed by atoms with Crippen molar-refractivity contribution in [1.82, 2.24) is 0 Å². The number of aryl methyl sites for hydroxylation is 1. The van der Waals surface area contributed by atoms with Crippen molar-refractivity contribution < 1.29 is 5.11 Å². The number of hydrogen-bond acceptors (Lipinski definition) is 1. The second kappa shape index (κ2) is 10.6. The van der Waals surface area contributed by atoms with E-state index in [0.717, 1.165) is 5.56 Å². The van der Waals surface area contributed by atoms with Gasteiger partial charge in [0.25, 0.3) is 0 Å². The van der Waals surface area contributed by atoms with E-state index in [-0.39, 0.29) is 5.75 Å². The van der Waals surface area contributed by atoms with Gasteiger partial charge < -0.3 is 5.11 Å². The van der Waals surface area contributed by atoms with Crippen molar-refractivity contribution in [3.8, 4) is 39.1 Å². The van der Waals surface area contributed by atoms with Crippen LogP contribution < -0.4 is 0 Å². The van der Waals surface area contributed by atoms with Gasteiger partial charge in [-0.1, -0.05) is 151 Å². The first-order chi connectivity index (χ1) is 23.1. The second-order valence-electron chi connectivity index (χ2n) is 12.7. The first-order valence-corrected chi connectivity index (χ1v) is 16.2. The number of fused-ring (bicyclic) bond motifs is 5. The Morgan fingerprint density at radius 1 is 0.404 bits per heavy atom. The van der Waals surface area contributed by atoms with Gasteiger partial charge in [0, 0.05) is 0 Å². The largest absolute Gasteiger partial charge is 0.508 e. The Hall–Kier alpha value is -5.92. The highest BCUT2D eigenvalue weighted by Gasteiger charge is 2.47. The Morgan fingerprint density at radius 3 is 1.34 bits per heavy atom. The van der Waals surface area contributed by atoms with Crippen LogP contribution in [0.4, 0.5) is 0 Å². The average Bonchev–Trinajstić information content (AvgIpc) is 3.43. The summed E-state index contributed by atoms with van der Waals surface area (Å²) in [5, 5.41) is 15.4. The van der Waals surface area contributed by atoms with Crippen LogP contribution in [-0.4, -0.2) is 5.11 Å². The lowest BCUT2D eigenvalue weighted by Crippen LogP contribution is -2.28. The molecule has 0 heterocycles. The van der Waals surface area contributed by atoms with Gasteiger partial charge in [0.15, 0.2) is 0 Å². The Balaban J connectivity index is 1.43. The molecule has 0 saturated heterocycles. The van der Waals surface area contributed by atoms with Crippen molar-refractivity contribution in [2.45, 2.75) is 12.3 Å². The fraction of sp³-hybridized carbons (Fsp3) is 0.0435. The molecule has 1 aliphatic rings. The summed E-state index contributed by atoms with van der Waals surface area (Å²) in [4.78, 5) is 0. The van der Waals surface area contributed by atoms with Gasteiger partial charge in [-0.25, -0.2) is 0 Å². The maximum Gasteiger partial charge on any atom is 0.115 e. The number of phenolic OH excluding ortho intramolecular Hbond substituents is 1. The molecule has 1 heteroatoms. The minimum Gasteiger partial charge on any atom is -0.508 e. The highest BCUT2D eigenvalue weighted by molar-refractivity contribution is 6.03. The molecule has 1 nitrogen and oxygen atoms in total. The molecule has 0 aromatic heterocycles. The van der Waals surface area contributed by atoms with E-state index in [1.165, 1.54) is 77.2 Å². The third-order valence-electron chi connectivity index (χ3n) is 10.1. The highest BCUT2D eigenvalue weighted by Crippen LogP contribution is 2.60. The molecule has 0 fully saturated rings. The lowest BCUT2D eigenvalue weighted by atomic mass is 9.67. The first-order valence-electron chi connectivity index (χ1n) is 16.2. The van der Waals surface area contributed by atoms with Crippen LogP contribution in [0.3, 0.4) is 0 Å². The van der Waals surface area contributed by atoms with E-state index in [9.17, 15) is 5.11 Å². The standard InChI is InChI=1S/C46H32O/c1-30-16-22-37(23-17-30)46(38-24-26-39(47)27-25-38)42-14-6-12-40(35-20-18-31-8-2-4-10-33(31)28-35)44(42)45-41(13-7-15-43(45)46)36-21-19-32-9-3-5-11-34(32)29-36/h2-29,47H,1H3. The van der Waals surface area contributed by atoms with Crippen LogP contribution in [0.25, 0.3) is 54.9 Å². The number of rotatable bonds is 4. The molecule has 222 valence electrons. The van der Waals surface area contributed by atoms with Crippen LogP contribution in [-0.2, 0) is 5.41 Å². The number of aromatic hydroxyl groups is 1. The van der Waals surface area contributed by atoms with Crippen LogP contribution in [0.15, 0.2) is 170 Å². The molecule has 1 aliphatic carbocycles. The van der Waals surface area contributed by atoms with Crippen molar-refractivity contribution in [1.29, 1.82) is 0 Å². The van der Waals surface area contributed by atoms with Gasteiger partial charge >= 0.3 is 0 Å². The van der Waals surface area contributed by atoms with Gasteiger partial charge in [-0.15, -0.1) is 0 Å². The van der Waals surface area contributed by atoms with E-state index in [0.29, 0.717) is 0 Å². The zero-order valence-corrected chi connectivity index (χ0v) is 26.1. The highest BCUT2D eigenvalue weighted by atomic mass is 16.3. The predicted octanol–water partition coefficient (Wildman–Crippen LogP) is 11.7. The minimum atomic E-state index is -0.591. The number of benzene rings is 8. The Labute approximate surface area is 275 Å². The van der Waals surface area contributed by atoms with E-state index < -0.39 is 5.41 Å². The number of hydrogen-bond donors (Lipinski definition) is 1. The monoisotopic (exact) mass is 600 g/mol. The maximum atomic E-state index is 10.4. The van der Waals surface area contributed by atoms with E-state index in [1.807, 2.05) is 12.1 Å². The molecule has 0 spiro atoms. The molecule has 47 heavy (non-hydrogen) atoms. The van der Waals surface area contributed by atoms with E-state index >= 15 is 0 Å². The normalized spacial score (nSPS) is 13.0. The fourth-order valence-electron chi connectivity index (χ4n) is 7.91. The molecule has 1 N–H and O–H groups in total. The molecule has 0 amide bonds. The zero-order valence-electron chi connectivity index (χ0n) is 26.1. The van der Waals surface area contributed by atoms with Crippen LogP contribution in [0, 0.1) is 6.92 Å². The van der Waals surface area contributed by atoms with Crippen LogP contribution >= 0.6 is 0 Å². The summed E-state index contributed by atoms with van der Waals surface area (Å²) in [7, 11) is 0. The third-order valence-corrected chi connectivity index (χ3v) is 10.1. The molecular weight excluding hydrogens is 569 g/mol. The molecule has 9 rings (SSSR count). The van der Waals surface area contributed by atoms with Gasteiger partial charge in [0.2, 0.25) is 0 Å². The summed E-state index contributed by atoms with van der Waals surface area (Å²) in [6.45, 7) is 2.14. The van der Waals surface area contributed by atoms with E-state index in [1.54, 1.807) is 0 Å². The lowest BCUT2D eigenvalue weighted by molar-refractivity contribution is 0.475. The molecule has 8 aromatic rings. The van der Waals surface area contributed by atoms with Crippen molar-refractivity contribution in [3.63, 3.8) is 0 Å². The first kappa shape index (κ1) is 27.4. The third kappa shape index (κ3) is 4.17. The van der Waals surface area contributed by atoms with Gasteiger partial charge in [-0.05, 0) is 108 Å². The van der Waals surface area contributed by atoms with Crippen LogP contribution in [0.1, 0.15) is 27.8 Å². The fourth-order valence-corrected chi connectivity index (χ4v) is 7.91. The van der Waals surface area contributed by atoms with Crippen molar-refractivity contribution >= 4 is 21.5 Å². The Morgan fingerprint density at radius 2 is 0.851 bits per heavy atom. The van der Waals surface area contributed by atoms with Gasteiger partial charge in [-0.3, -0.25) is 0 Å². The van der Waals surface area contributed by atoms with Gasteiger partial charge in [0.05, 0.1) is 5.41 Å². The number of phenols is 1. The van der Waals surface area contributed by atoms with E-state index in [2.05, 4.69) is 165 Å². The smallest absolute Gasteiger partial charge is 0.115 e. The summed E-state index contributed by atoms with van der Waals surface area (Å²) in [5.74, 6) is 0.265. The van der Waals surface area contributed by atoms with Crippen LogP contribution in [0.2, 0.25) is 0 Å². The minimum absolute atomic E-state index is 0.265. The van der Waals surface area contributed by atoms with Crippen molar-refractivity contribution in [2.24, 2.45) is 0 Å². The Bertz CT molecular complexity index is 2290. The Kier molecular flexibility index (Phi) is 6.16. The van der Waals surface area contributed by atoms with Crippen molar-refractivity contribution in [3.05, 3.63) is 198 Å². The molecule has 0 atom stereocenters. The lowest BCUT2D eigenvalue weighted by Gasteiger charge is -2.34. The van der Waals surface area contributed by atoms with E-state index in [4.69, 9.17) is 0 Å².